The van der Waals surface area contributed by atoms with Crippen molar-refractivity contribution in [2.75, 3.05) is 10.6 Å². The van der Waals surface area contributed by atoms with Crippen LogP contribution in [0.15, 0.2) is 140 Å². The van der Waals surface area contributed by atoms with Gasteiger partial charge in [0.25, 0.3) is 0 Å². The highest BCUT2D eigenvalue weighted by atomic mass is 35.5. The lowest BCUT2D eigenvalue weighted by Gasteiger charge is -2.16. The van der Waals surface area contributed by atoms with Crippen LogP contribution in [0, 0.1) is 25.5 Å². The SMILES string of the molecule is Cc1cc2c(-c3cccc(C=CC(=O)O)c3)c(CC(=O)Nc3ccc(F)cc3C(F)(F)F)c(=O)oc2cc1Cl.Cc1cc2c(-c3cccc(C=CC(=O)O)c3)c(CC(=O)Nc3ccc(F)cc3C(F)(F)F)c(=O)oc2cc1Cl.O.O.O. The first kappa shape index (κ1) is 64.5. The van der Waals surface area contributed by atoms with Gasteiger partial charge in [0.1, 0.15) is 22.8 Å². The van der Waals surface area contributed by atoms with E-state index in [9.17, 15) is 63.9 Å². The van der Waals surface area contributed by atoms with Crippen molar-refractivity contribution in [3.63, 3.8) is 0 Å². The lowest BCUT2D eigenvalue weighted by atomic mass is 9.93. The first-order chi connectivity index (χ1) is 36.7. The summed E-state index contributed by atoms with van der Waals surface area (Å²) in [7, 11) is 0. The van der Waals surface area contributed by atoms with E-state index in [0.29, 0.717) is 54.2 Å². The number of nitrogens with one attached hydrogen (secondary N) is 2. The van der Waals surface area contributed by atoms with E-state index in [2.05, 4.69) is 10.6 Å². The quantitative estimate of drug-likeness (QED) is 0.0509. The fraction of sp³-hybridized carbons (Fsp3) is 0.107. The number of halogens is 10. The molecule has 6 aromatic carbocycles. The maximum atomic E-state index is 13.5. The number of hydrogen-bond acceptors (Lipinski definition) is 8. The molecule has 10 N–H and O–H groups in total. The zero-order valence-electron chi connectivity index (χ0n) is 41.6. The summed E-state index contributed by atoms with van der Waals surface area (Å²) >= 11 is 12.4. The second-order valence-corrected chi connectivity index (χ2v) is 17.9. The van der Waals surface area contributed by atoms with Crippen molar-refractivity contribution in [1.29, 1.82) is 0 Å². The molecule has 0 fully saturated rings. The summed E-state index contributed by atoms with van der Waals surface area (Å²) in [6.07, 6.45) is -6.73. The van der Waals surface area contributed by atoms with Gasteiger partial charge >= 0.3 is 35.5 Å². The number of carbonyl (C=O) groups is 4. The largest absolute Gasteiger partial charge is 0.478 e. The zero-order valence-corrected chi connectivity index (χ0v) is 43.1. The Balaban J connectivity index is 0.000000336. The van der Waals surface area contributed by atoms with Gasteiger partial charge in [-0.3, -0.25) is 9.59 Å². The van der Waals surface area contributed by atoms with Crippen LogP contribution in [0.1, 0.15) is 44.5 Å². The van der Waals surface area contributed by atoms with Crippen LogP contribution in [0.2, 0.25) is 10.0 Å². The summed E-state index contributed by atoms with van der Waals surface area (Å²) in [4.78, 5) is 73.9. The summed E-state index contributed by atoms with van der Waals surface area (Å²) in [5, 5.41) is 23.6. The molecule has 2 heterocycles. The molecule has 8 aromatic rings. The van der Waals surface area contributed by atoms with E-state index in [1.807, 2.05) is 0 Å². The molecule has 2 aromatic heterocycles. The summed E-state index contributed by atoms with van der Waals surface area (Å²) in [6, 6.07) is 22.6. The third-order valence-electron chi connectivity index (χ3n) is 11.5. The number of amides is 2. The van der Waals surface area contributed by atoms with Crippen LogP contribution in [-0.2, 0) is 44.4 Å². The fourth-order valence-corrected chi connectivity index (χ4v) is 8.39. The average molecular weight is 1170 g/mol. The summed E-state index contributed by atoms with van der Waals surface area (Å²) in [5.74, 6) is -6.58. The third-order valence-corrected chi connectivity index (χ3v) is 12.4. The second-order valence-electron chi connectivity index (χ2n) is 17.1. The Morgan fingerprint density at radius 1 is 0.543 bits per heavy atom. The van der Waals surface area contributed by atoms with Gasteiger partial charge in [0, 0.05) is 56.2 Å². The van der Waals surface area contributed by atoms with E-state index in [4.69, 9.17) is 42.2 Å². The number of fused-ring (bicyclic) bond motifs is 2. The van der Waals surface area contributed by atoms with Gasteiger partial charge in [0.05, 0.1) is 46.5 Å². The molecule has 0 atom stereocenters. The molecule has 15 nitrogen and oxygen atoms in total. The molecule has 2 amide bonds. The van der Waals surface area contributed by atoms with Gasteiger partial charge in [0.15, 0.2) is 0 Å². The first-order valence-electron chi connectivity index (χ1n) is 22.5. The van der Waals surface area contributed by atoms with E-state index < -0.39 is 94.3 Å². The van der Waals surface area contributed by atoms with E-state index in [-0.39, 0.29) is 62.0 Å². The summed E-state index contributed by atoms with van der Waals surface area (Å²) in [6.45, 7) is 3.42. The average Bonchev–Trinajstić information content (AvgIpc) is 3.35. The highest BCUT2D eigenvalue weighted by Gasteiger charge is 2.36. The molecule has 0 aliphatic rings. The molecular formula is C56H42Cl2F8N2O13. The Hall–Kier alpha value is -9.00. The van der Waals surface area contributed by atoms with Gasteiger partial charge in [-0.2, -0.15) is 26.3 Å². The lowest BCUT2D eigenvalue weighted by molar-refractivity contribution is -0.138. The number of aliphatic carboxylic acids is 2. The molecule has 0 spiro atoms. The number of anilines is 2. The van der Waals surface area contributed by atoms with Crippen molar-refractivity contribution < 1.29 is 89.8 Å². The molecule has 0 aliphatic heterocycles. The van der Waals surface area contributed by atoms with Gasteiger partial charge in [-0.25, -0.2) is 28.0 Å². The van der Waals surface area contributed by atoms with Crippen molar-refractivity contribution >= 4 is 92.4 Å². The predicted octanol–water partition coefficient (Wildman–Crippen LogP) is 11.2. The summed E-state index contributed by atoms with van der Waals surface area (Å²) in [5.41, 5.74) is -2.51. The molecule has 0 saturated carbocycles. The maximum Gasteiger partial charge on any atom is 0.418 e. The van der Waals surface area contributed by atoms with Crippen molar-refractivity contribution in [2.24, 2.45) is 0 Å². The number of rotatable bonds is 12. The topological polar surface area (TPSA) is 288 Å². The lowest BCUT2D eigenvalue weighted by Crippen LogP contribution is -2.22. The van der Waals surface area contributed by atoms with Crippen LogP contribution in [0.3, 0.4) is 0 Å². The van der Waals surface area contributed by atoms with E-state index in [1.165, 1.54) is 24.3 Å². The van der Waals surface area contributed by atoms with Gasteiger partial charge < -0.3 is 46.1 Å². The van der Waals surface area contributed by atoms with Gasteiger partial charge in [0.2, 0.25) is 11.8 Å². The van der Waals surface area contributed by atoms with Crippen LogP contribution in [0.5, 0.6) is 0 Å². The van der Waals surface area contributed by atoms with Crippen LogP contribution in [0.4, 0.5) is 46.5 Å². The third kappa shape index (κ3) is 15.6. The van der Waals surface area contributed by atoms with Gasteiger partial charge in [-0.15, -0.1) is 0 Å². The number of carboxylic acids is 2. The van der Waals surface area contributed by atoms with Crippen LogP contribution in [0.25, 0.3) is 56.3 Å². The normalized spacial score (nSPS) is 11.3. The standard InChI is InChI=1S/2C28H18ClF4NO5.3H2O/c2*1-14-9-18-23(13-21(14)29)39-27(38)19(26(18)16-4-2-3-15(10-16)5-8-25(36)37)12-24(35)34-22-7-6-17(30)11-20(22)28(31,32)33;;;/h2*2-11,13H,12H2,1H3,(H,34,35)(H,36,37);3*1H2. The molecule has 0 unspecified atom stereocenters. The summed E-state index contributed by atoms with van der Waals surface area (Å²) < 4.78 is 118. The minimum atomic E-state index is -4.95. The number of aryl methyl sites for hydroxylation is 2. The highest BCUT2D eigenvalue weighted by molar-refractivity contribution is 6.32. The van der Waals surface area contributed by atoms with E-state index in [1.54, 1.807) is 74.5 Å². The molecule has 25 heteroatoms. The Labute approximate surface area is 460 Å². The van der Waals surface area contributed by atoms with E-state index in [0.717, 1.165) is 36.4 Å². The van der Waals surface area contributed by atoms with Gasteiger partial charge in [-0.1, -0.05) is 59.6 Å². The molecule has 424 valence electrons. The molecular weight excluding hydrogens is 1130 g/mol. The minimum Gasteiger partial charge on any atom is -0.478 e. The van der Waals surface area contributed by atoms with Gasteiger partial charge in [-0.05, 0) is 120 Å². The molecule has 0 radical (unpaired) electrons. The number of benzene rings is 6. The predicted molar refractivity (Wildman–Crippen MR) is 287 cm³/mol. The first-order valence-corrected chi connectivity index (χ1v) is 23.3. The van der Waals surface area contributed by atoms with Crippen LogP contribution in [-0.4, -0.2) is 50.4 Å². The van der Waals surface area contributed by atoms with E-state index >= 15 is 0 Å². The Morgan fingerprint density at radius 3 is 1.23 bits per heavy atom. The molecule has 0 saturated heterocycles. The number of carbonyl (C=O) groups excluding carboxylic acids is 2. The minimum absolute atomic E-state index is 0. The van der Waals surface area contributed by atoms with Crippen LogP contribution >= 0.6 is 23.2 Å². The number of carboxylic acid groups (broad SMARTS) is 2. The van der Waals surface area contributed by atoms with Crippen molar-refractivity contribution in [3.05, 3.63) is 208 Å². The molecule has 8 rings (SSSR count). The van der Waals surface area contributed by atoms with Crippen molar-refractivity contribution in [2.45, 2.75) is 39.0 Å². The Kier molecular flexibility index (Phi) is 21.0. The van der Waals surface area contributed by atoms with Crippen LogP contribution < -0.4 is 21.9 Å². The molecule has 0 bridgehead atoms. The van der Waals surface area contributed by atoms with Crippen molar-refractivity contribution in [3.8, 4) is 22.3 Å². The van der Waals surface area contributed by atoms with Crippen molar-refractivity contribution in [1.82, 2.24) is 0 Å². The molecule has 81 heavy (non-hydrogen) atoms. The Morgan fingerprint density at radius 2 is 0.901 bits per heavy atom. The smallest absolute Gasteiger partial charge is 0.418 e. The highest BCUT2D eigenvalue weighted by Crippen LogP contribution is 2.39. The zero-order chi connectivity index (χ0) is 57.0. The Bertz CT molecular complexity index is 3680. The number of hydrogen-bond donors (Lipinski definition) is 4. The monoisotopic (exact) mass is 1170 g/mol. The number of alkyl halides is 6. The molecule has 0 aliphatic carbocycles. The maximum absolute atomic E-state index is 13.5. The second kappa shape index (κ2) is 26.3. The fourth-order valence-electron chi connectivity index (χ4n) is 8.08.